The second-order valence-corrected chi connectivity index (χ2v) is 6.53. The Kier molecular flexibility index (Phi) is 7.59. The van der Waals surface area contributed by atoms with Crippen molar-refractivity contribution in [3.8, 4) is 0 Å². The van der Waals surface area contributed by atoms with Crippen molar-refractivity contribution in [2.75, 3.05) is 17.7 Å². The molecule has 0 aromatic heterocycles. The minimum absolute atomic E-state index is 0.0475. The van der Waals surface area contributed by atoms with Gasteiger partial charge in [0.15, 0.2) is 11.6 Å². The molecule has 0 radical (unpaired) electrons. The predicted octanol–water partition coefficient (Wildman–Crippen LogP) is 4.65. The van der Waals surface area contributed by atoms with Crippen LogP contribution in [-0.2, 0) is 9.53 Å². The third-order valence-corrected chi connectivity index (χ3v) is 4.39. The Morgan fingerprint density at radius 3 is 2.46 bits per heavy atom. The Hall–Kier alpha value is -2.41. The smallest absolute Gasteiger partial charge is 0.338 e. The largest absolute Gasteiger partial charge is 0.462 e. The van der Waals surface area contributed by atoms with Gasteiger partial charge >= 0.3 is 5.97 Å². The van der Waals surface area contributed by atoms with Crippen LogP contribution in [0, 0.1) is 11.6 Å². The number of carbonyl (C=O) groups is 2. The minimum atomic E-state index is -0.947. The molecule has 4 nitrogen and oxygen atoms in total. The maximum atomic E-state index is 13.1. The lowest BCUT2D eigenvalue weighted by atomic mass is 10.2. The molecule has 0 aliphatic heterocycles. The van der Waals surface area contributed by atoms with Gasteiger partial charge in [-0.3, -0.25) is 4.79 Å². The van der Waals surface area contributed by atoms with E-state index in [1.54, 1.807) is 24.3 Å². The third kappa shape index (κ3) is 6.15. The summed E-state index contributed by atoms with van der Waals surface area (Å²) < 4.78 is 31.1. The van der Waals surface area contributed by atoms with E-state index in [4.69, 9.17) is 4.74 Å². The average molecular weight is 379 g/mol. The molecular formula is C19H19F2NO3S. The number of rotatable bonds is 8. The van der Waals surface area contributed by atoms with Crippen LogP contribution in [0.3, 0.4) is 0 Å². The normalized spacial score (nSPS) is 10.4. The van der Waals surface area contributed by atoms with Gasteiger partial charge < -0.3 is 10.1 Å². The number of carbonyl (C=O) groups excluding carboxylic acids is 2. The van der Waals surface area contributed by atoms with E-state index in [1.165, 1.54) is 6.07 Å². The number of esters is 1. The van der Waals surface area contributed by atoms with Crippen LogP contribution >= 0.6 is 11.8 Å². The van der Waals surface area contributed by atoms with Crippen molar-refractivity contribution in [3.63, 3.8) is 0 Å². The molecule has 0 spiro atoms. The molecule has 0 heterocycles. The number of ether oxygens (including phenoxy) is 1. The van der Waals surface area contributed by atoms with Crippen molar-refractivity contribution < 1.29 is 23.1 Å². The summed E-state index contributed by atoms with van der Waals surface area (Å²) in [5, 5.41) is 2.68. The Morgan fingerprint density at radius 2 is 1.81 bits per heavy atom. The first kappa shape index (κ1) is 19.9. The highest BCUT2D eigenvalue weighted by molar-refractivity contribution is 8.00. The predicted molar refractivity (Wildman–Crippen MR) is 97.3 cm³/mol. The summed E-state index contributed by atoms with van der Waals surface area (Å²) in [4.78, 5) is 24.2. The topological polar surface area (TPSA) is 55.4 Å². The Bertz CT molecular complexity index is 766. The van der Waals surface area contributed by atoms with E-state index in [2.05, 4.69) is 5.32 Å². The molecule has 2 aromatic carbocycles. The Balaban J connectivity index is 1.83. The van der Waals surface area contributed by atoms with Crippen molar-refractivity contribution in [1.82, 2.24) is 0 Å². The maximum Gasteiger partial charge on any atom is 0.338 e. The van der Waals surface area contributed by atoms with Crippen molar-refractivity contribution >= 4 is 29.3 Å². The van der Waals surface area contributed by atoms with Crippen LogP contribution < -0.4 is 5.32 Å². The van der Waals surface area contributed by atoms with Crippen LogP contribution in [0.4, 0.5) is 14.5 Å². The summed E-state index contributed by atoms with van der Waals surface area (Å²) in [5.74, 6) is -2.52. The van der Waals surface area contributed by atoms with E-state index in [-0.39, 0.29) is 11.7 Å². The third-order valence-electron chi connectivity index (χ3n) is 3.40. The van der Waals surface area contributed by atoms with E-state index < -0.39 is 17.6 Å². The highest BCUT2D eigenvalue weighted by Gasteiger charge is 2.09. The number of amides is 1. The average Bonchev–Trinajstić information content (AvgIpc) is 2.63. The first-order valence-corrected chi connectivity index (χ1v) is 9.13. The molecule has 1 amide bonds. The van der Waals surface area contributed by atoms with Crippen LogP contribution in [0.15, 0.2) is 47.4 Å². The fourth-order valence-corrected chi connectivity index (χ4v) is 2.72. The number of unbranched alkanes of at least 4 members (excludes halogenated alkanes) is 1. The van der Waals surface area contributed by atoms with Gasteiger partial charge in [-0.2, -0.15) is 0 Å². The van der Waals surface area contributed by atoms with Crippen LogP contribution in [0.2, 0.25) is 0 Å². The van der Waals surface area contributed by atoms with Crippen LogP contribution in [-0.4, -0.2) is 24.2 Å². The second kappa shape index (κ2) is 9.91. The van der Waals surface area contributed by atoms with Crippen LogP contribution in [0.1, 0.15) is 30.1 Å². The van der Waals surface area contributed by atoms with Crippen molar-refractivity contribution in [2.45, 2.75) is 24.7 Å². The second-order valence-electron chi connectivity index (χ2n) is 5.48. The Morgan fingerprint density at radius 1 is 1.08 bits per heavy atom. The molecule has 0 atom stereocenters. The zero-order valence-corrected chi connectivity index (χ0v) is 15.1. The van der Waals surface area contributed by atoms with Gasteiger partial charge in [-0.15, -0.1) is 11.8 Å². The standard InChI is InChI=1S/C19H19F2NO3S/c1-2-3-10-25-19(24)13-4-6-14(7-5-13)22-18(23)12-26-15-8-9-16(20)17(21)11-15/h4-9,11H,2-3,10,12H2,1H3,(H,22,23). The van der Waals surface area contributed by atoms with E-state index in [0.29, 0.717) is 22.8 Å². The molecule has 2 rings (SSSR count). The van der Waals surface area contributed by atoms with Crippen molar-refractivity contribution in [2.24, 2.45) is 0 Å². The molecule has 0 aliphatic carbocycles. The van der Waals surface area contributed by atoms with E-state index in [1.807, 2.05) is 6.92 Å². The zero-order valence-electron chi connectivity index (χ0n) is 14.3. The lowest BCUT2D eigenvalue weighted by molar-refractivity contribution is -0.113. The summed E-state index contributed by atoms with van der Waals surface area (Å²) in [6.45, 7) is 2.39. The Labute approximate surface area is 154 Å². The van der Waals surface area contributed by atoms with Crippen LogP contribution in [0.25, 0.3) is 0 Å². The highest BCUT2D eigenvalue weighted by Crippen LogP contribution is 2.21. The zero-order chi connectivity index (χ0) is 18.9. The molecule has 0 aliphatic rings. The number of hydrogen-bond acceptors (Lipinski definition) is 4. The molecule has 2 aromatic rings. The summed E-state index contributed by atoms with van der Waals surface area (Å²) in [7, 11) is 0. The molecule has 0 saturated heterocycles. The molecule has 0 fully saturated rings. The number of nitrogens with one attached hydrogen (secondary N) is 1. The van der Waals surface area contributed by atoms with E-state index in [9.17, 15) is 18.4 Å². The fourth-order valence-electron chi connectivity index (χ4n) is 1.99. The number of anilines is 1. The fraction of sp³-hybridized carbons (Fsp3) is 0.263. The minimum Gasteiger partial charge on any atom is -0.462 e. The molecule has 138 valence electrons. The SMILES string of the molecule is CCCCOC(=O)c1ccc(NC(=O)CSc2ccc(F)c(F)c2)cc1. The lowest BCUT2D eigenvalue weighted by Crippen LogP contribution is -2.14. The molecule has 1 N–H and O–H groups in total. The number of halogens is 2. The molecule has 0 unspecified atom stereocenters. The van der Waals surface area contributed by atoms with Gasteiger partial charge in [0, 0.05) is 10.6 Å². The molecule has 0 saturated carbocycles. The highest BCUT2D eigenvalue weighted by atomic mass is 32.2. The van der Waals surface area contributed by atoms with E-state index >= 15 is 0 Å². The summed E-state index contributed by atoms with van der Waals surface area (Å²) >= 11 is 1.10. The number of hydrogen-bond donors (Lipinski definition) is 1. The van der Waals surface area contributed by atoms with Gasteiger partial charge in [0.05, 0.1) is 17.9 Å². The summed E-state index contributed by atoms with van der Waals surface area (Å²) in [5.41, 5.74) is 0.946. The van der Waals surface area contributed by atoms with Crippen molar-refractivity contribution in [3.05, 3.63) is 59.7 Å². The van der Waals surface area contributed by atoms with Gasteiger partial charge in [0.25, 0.3) is 0 Å². The number of thioether (sulfide) groups is 1. The van der Waals surface area contributed by atoms with E-state index in [0.717, 1.165) is 36.7 Å². The molecule has 7 heteroatoms. The monoisotopic (exact) mass is 379 g/mol. The molecular weight excluding hydrogens is 360 g/mol. The molecule has 26 heavy (non-hydrogen) atoms. The van der Waals surface area contributed by atoms with Gasteiger partial charge in [0.1, 0.15) is 0 Å². The van der Waals surface area contributed by atoms with Gasteiger partial charge in [-0.25, -0.2) is 13.6 Å². The van der Waals surface area contributed by atoms with Crippen molar-refractivity contribution in [1.29, 1.82) is 0 Å². The van der Waals surface area contributed by atoms with Crippen LogP contribution in [0.5, 0.6) is 0 Å². The van der Waals surface area contributed by atoms with Gasteiger partial charge in [-0.05, 0) is 48.9 Å². The van der Waals surface area contributed by atoms with Gasteiger partial charge in [0.2, 0.25) is 5.91 Å². The quantitative estimate of drug-likeness (QED) is 0.412. The number of benzene rings is 2. The summed E-state index contributed by atoms with van der Waals surface area (Å²) in [6.07, 6.45) is 1.76. The first-order valence-electron chi connectivity index (χ1n) is 8.14. The maximum absolute atomic E-state index is 13.1. The lowest BCUT2D eigenvalue weighted by Gasteiger charge is -2.07. The van der Waals surface area contributed by atoms with Gasteiger partial charge in [-0.1, -0.05) is 13.3 Å². The first-order chi connectivity index (χ1) is 12.5. The summed E-state index contributed by atoms with van der Waals surface area (Å²) in [6, 6.07) is 9.85. The molecule has 0 bridgehead atoms.